The monoisotopic (exact) mass is 361 g/mol. The summed E-state index contributed by atoms with van der Waals surface area (Å²) in [7, 11) is -0.602. The van der Waals surface area contributed by atoms with Gasteiger partial charge in [0.1, 0.15) is 0 Å². The van der Waals surface area contributed by atoms with E-state index in [2.05, 4.69) is 0 Å². The molecule has 0 aliphatic carbocycles. The van der Waals surface area contributed by atoms with Crippen LogP contribution in [0.2, 0.25) is 0 Å². The van der Waals surface area contributed by atoms with E-state index >= 15 is 0 Å². The van der Waals surface area contributed by atoms with E-state index in [0.29, 0.717) is 24.6 Å². The fourth-order valence-electron chi connectivity index (χ4n) is 2.76. The summed E-state index contributed by atoms with van der Waals surface area (Å²) >= 11 is 0. The highest BCUT2D eigenvalue weighted by molar-refractivity contribution is 7.89. The molecular weight excluding hydrogens is 338 g/mol. The third kappa shape index (κ3) is 4.03. The summed E-state index contributed by atoms with van der Waals surface area (Å²) in [6.07, 6.45) is 0.887. The van der Waals surface area contributed by atoms with Crippen LogP contribution in [-0.2, 0) is 10.0 Å². The largest absolute Gasteiger partial charge is 0.336 e. The van der Waals surface area contributed by atoms with Crippen LogP contribution in [0.5, 0.6) is 0 Å². The molecule has 1 amide bonds. The highest BCUT2D eigenvalue weighted by Crippen LogP contribution is 2.25. The topological polar surface area (TPSA) is 83.7 Å². The molecule has 1 aliphatic heterocycles. The van der Waals surface area contributed by atoms with Crippen molar-refractivity contribution in [3.05, 3.63) is 29.8 Å². The minimum Gasteiger partial charge on any atom is -0.336 e. The lowest BCUT2D eigenvalue weighted by Gasteiger charge is -2.22. The predicted molar refractivity (Wildman–Crippen MR) is 92.2 cm³/mol. The molecule has 0 aromatic heterocycles. The maximum Gasteiger partial charge on any atom is 0.254 e. The number of sulfonamides is 1. The van der Waals surface area contributed by atoms with Gasteiger partial charge in [-0.25, -0.2) is 12.7 Å². The maximum absolute atomic E-state index is 12.6. The molecule has 23 heavy (non-hydrogen) atoms. The summed E-state index contributed by atoms with van der Waals surface area (Å²) in [5.74, 6) is 0.173. The molecule has 1 heterocycles. The highest BCUT2D eigenvalue weighted by Gasteiger charge is 2.32. The number of rotatable bonds is 4. The van der Waals surface area contributed by atoms with E-state index in [-0.39, 0.29) is 29.3 Å². The summed E-state index contributed by atoms with van der Waals surface area (Å²) in [6.45, 7) is 3.18. The first-order valence-electron chi connectivity index (χ1n) is 7.31. The van der Waals surface area contributed by atoms with Crippen LogP contribution in [0, 0.1) is 5.92 Å². The molecule has 0 radical (unpaired) electrons. The maximum atomic E-state index is 12.6. The molecule has 0 spiro atoms. The van der Waals surface area contributed by atoms with Crippen molar-refractivity contribution >= 4 is 28.3 Å². The van der Waals surface area contributed by atoms with Crippen LogP contribution in [0.25, 0.3) is 0 Å². The SMILES string of the molecule is CC1CC(CN)CN1C(=O)c1cccc(S(=O)(=O)N(C)C)c1.Cl. The Morgan fingerprint density at radius 2 is 2.04 bits per heavy atom. The summed E-state index contributed by atoms with van der Waals surface area (Å²) in [5.41, 5.74) is 6.08. The van der Waals surface area contributed by atoms with E-state index in [9.17, 15) is 13.2 Å². The minimum atomic E-state index is -3.54. The van der Waals surface area contributed by atoms with E-state index in [1.165, 1.54) is 26.2 Å². The lowest BCUT2D eigenvalue weighted by molar-refractivity contribution is 0.0743. The Morgan fingerprint density at radius 3 is 2.57 bits per heavy atom. The van der Waals surface area contributed by atoms with Gasteiger partial charge in [0.2, 0.25) is 10.0 Å². The molecule has 1 aromatic carbocycles. The van der Waals surface area contributed by atoms with Gasteiger partial charge in [0.25, 0.3) is 5.91 Å². The third-order valence-electron chi connectivity index (χ3n) is 4.12. The van der Waals surface area contributed by atoms with Gasteiger partial charge in [0.15, 0.2) is 0 Å². The minimum absolute atomic E-state index is 0. The van der Waals surface area contributed by atoms with Crippen molar-refractivity contribution in [2.45, 2.75) is 24.3 Å². The van der Waals surface area contributed by atoms with E-state index in [0.717, 1.165) is 10.7 Å². The second kappa shape index (κ2) is 7.61. The lowest BCUT2D eigenvalue weighted by Crippen LogP contribution is -2.34. The lowest BCUT2D eigenvalue weighted by atomic mass is 10.1. The summed E-state index contributed by atoms with van der Waals surface area (Å²) in [6, 6.07) is 6.32. The normalized spacial score (nSPS) is 21.3. The number of benzene rings is 1. The van der Waals surface area contributed by atoms with Gasteiger partial charge in [-0.2, -0.15) is 0 Å². The van der Waals surface area contributed by atoms with Crippen LogP contribution < -0.4 is 5.73 Å². The number of likely N-dealkylation sites (tertiary alicyclic amines) is 1. The first-order chi connectivity index (χ1) is 10.3. The molecule has 1 saturated heterocycles. The molecule has 2 unspecified atom stereocenters. The fourth-order valence-corrected chi connectivity index (χ4v) is 3.71. The number of carbonyl (C=O) groups excluding carboxylic acids is 1. The van der Waals surface area contributed by atoms with Crippen molar-refractivity contribution in [1.29, 1.82) is 0 Å². The molecule has 6 nitrogen and oxygen atoms in total. The fraction of sp³-hybridized carbons (Fsp3) is 0.533. The van der Waals surface area contributed by atoms with Crippen molar-refractivity contribution in [2.75, 3.05) is 27.2 Å². The van der Waals surface area contributed by atoms with Gasteiger partial charge < -0.3 is 10.6 Å². The first kappa shape index (κ1) is 19.9. The van der Waals surface area contributed by atoms with Crippen molar-refractivity contribution in [1.82, 2.24) is 9.21 Å². The highest BCUT2D eigenvalue weighted by atomic mass is 35.5. The predicted octanol–water partition coefficient (Wildman–Crippen LogP) is 1.17. The van der Waals surface area contributed by atoms with E-state index < -0.39 is 10.0 Å². The average Bonchev–Trinajstić information content (AvgIpc) is 2.87. The van der Waals surface area contributed by atoms with Crippen molar-refractivity contribution in [3.8, 4) is 0 Å². The average molecular weight is 362 g/mol. The van der Waals surface area contributed by atoms with Gasteiger partial charge in [-0.3, -0.25) is 4.79 Å². The van der Waals surface area contributed by atoms with Crippen molar-refractivity contribution in [3.63, 3.8) is 0 Å². The Balaban J connectivity index is 0.00000264. The smallest absolute Gasteiger partial charge is 0.254 e. The third-order valence-corrected chi connectivity index (χ3v) is 5.93. The Kier molecular flexibility index (Phi) is 6.59. The van der Waals surface area contributed by atoms with Crippen molar-refractivity contribution < 1.29 is 13.2 Å². The zero-order valence-corrected chi connectivity index (χ0v) is 15.2. The van der Waals surface area contributed by atoms with Gasteiger partial charge in [0.05, 0.1) is 4.90 Å². The Hall–Kier alpha value is -1.15. The van der Waals surface area contributed by atoms with E-state index in [1.807, 2.05) is 6.92 Å². The number of hydrogen-bond acceptors (Lipinski definition) is 4. The quantitative estimate of drug-likeness (QED) is 0.872. The molecule has 8 heteroatoms. The number of halogens is 1. The summed E-state index contributed by atoms with van der Waals surface area (Å²) in [4.78, 5) is 14.6. The van der Waals surface area contributed by atoms with Crippen LogP contribution >= 0.6 is 12.4 Å². The molecule has 1 aliphatic rings. The molecule has 2 atom stereocenters. The molecular formula is C15H24ClN3O3S. The number of nitrogens with two attached hydrogens (primary N) is 1. The Morgan fingerprint density at radius 1 is 1.39 bits per heavy atom. The standard InChI is InChI=1S/C15H23N3O3S.ClH/c1-11-7-12(9-16)10-18(11)15(19)13-5-4-6-14(8-13)22(20,21)17(2)3;/h4-6,8,11-12H,7,9-10,16H2,1-3H3;1H. The van der Waals surface area contributed by atoms with Gasteiger partial charge >= 0.3 is 0 Å². The molecule has 2 N–H and O–H groups in total. The zero-order valence-electron chi connectivity index (χ0n) is 13.6. The van der Waals surface area contributed by atoms with Crippen LogP contribution in [0.1, 0.15) is 23.7 Å². The number of hydrogen-bond donors (Lipinski definition) is 1. The molecule has 0 saturated carbocycles. The van der Waals surface area contributed by atoms with Gasteiger partial charge in [-0.1, -0.05) is 6.07 Å². The van der Waals surface area contributed by atoms with E-state index in [4.69, 9.17) is 5.73 Å². The Labute approximate surface area is 144 Å². The van der Waals surface area contributed by atoms with Gasteiger partial charge in [-0.05, 0) is 44.0 Å². The Bertz CT molecular complexity index is 664. The van der Waals surface area contributed by atoms with E-state index in [1.54, 1.807) is 17.0 Å². The molecule has 0 bridgehead atoms. The number of carbonyl (C=O) groups is 1. The number of amides is 1. The van der Waals surface area contributed by atoms with Crippen LogP contribution in [0.15, 0.2) is 29.2 Å². The van der Waals surface area contributed by atoms with Crippen LogP contribution in [0.3, 0.4) is 0 Å². The van der Waals surface area contributed by atoms with Gasteiger partial charge in [0, 0.05) is 32.2 Å². The molecule has 1 fully saturated rings. The van der Waals surface area contributed by atoms with Crippen LogP contribution in [-0.4, -0.2) is 56.8 Å². The van der Waals surface area contributed by atoms with Crippen molar-refractivity contribution in [2.24, 2.45) is 11.7 Å². The summed E-state index contributed by atoms with van der Waals surface area (Å²) < 4.78 is 25.5. The van der Waals surface area contributed by atoms with Gasteiger partial charge in [-0.15, -0.1) is 12.4 Å². The summed E-state index contributed by atoms with van der Waals surface area (Å²) in [5, 5.41) is 0. The number of nitrogens with zero attached hydrogens (tertiary/aromatic N) is 2. The van der Waals surface area contributed by atoms with Crippen LogP contribution in [0.4, 0.5) is 0 Å². The second-order valence-corrected chi connectivity index (χ2v) is 8.11. The molecule has 1 aromatic rings. The second-order valence-electron chi connectivity index (χ2n) is 5.96. The first-order valence-corrected chi connectivity index (χ1v) is 8.75. The molecule has 2 rings (SSSR count). The molecule has 130 valence electrons. The zero-order chi connectivity index (χ0) is 16.5.